The second-order valence-corrected chi connectivity index (χ2v) is 8.97. The van der Waals surface area contributed by atoms with Gasteiger partial charge in [0, 0.05) is 16.3 Å². The highest BCUT2D eigenvalue weighted by Gasteiger charge is 2.14. The van der Waals surface area contributed by atoms with Gasteiger partial charge in [-0.3, -0.25) is 14.3 Å². The molecule has 0 spiro atoms. The lowest BCUT2D eigenvalue weighted by atomic mass is 10.2. The highest BCUT2D eigenvalue weighted by atomic mass is 35.5. The van der Waals surface area contributed by atoms with Crippen LogP contribution in [0.15, 0.2) is 98.3 Å². The number of nitrogens with one attached hydrogen (secondary N) is 2. The summed E-state index contributed by atoms with van der Waals surface area (Å²) in [7, 11) is -3.80. The Hall–Kier alpha value is -3.95. The molecule has 0 bridgehead atoms. The number of benzene rings is 3. The van der Waals surface area contributed by atoms with Gasteiger partial charge in [-0.25, -0.2) is 13.8 Å². The second kappa shape index (κ2) is 9.27. The molecule has 3 aromatic carbocycles. The van der Waals surface area contributed by atoms with E-state index in [0.29, 0.717) is 16.0 Å². The van der Waals surface area contributed by atoms with Gasteiger partial charge in [0.2, 0.25) is 5.43 Å². The number of anilines is 1. The van der Waals surface area contributed by atoms with Crippen LogP contribution in [0.25, 0.3) is 11.0 Å². The molecule has 1 amide bonds. The second-order valence-electron chi connectivity index (χ2n) is 6.85. The number of nitrogens with zero attached hydrogens (tertiary/aromatic N) is 1. The quantitative estimate of drug-likeness (QED) is 0.318. The molecule has 0 fully saturated rings. The van der Waals surface area contributed by atoms with E-state index >= 15 is 0 Å². The Balaban J connectivity index is 1.42. The Bertz CT molecular complexity index is 1510. The fraction of sp³-hybridized carbons (Fsp3) is 0. The van der Waals surface area contributed by atoms with Crippen molar-refractivity contribution in [3.8, 4) is 0 Å². The first-order chi connectivity index (χ1) is 15.8. The van der Waals surface area contributed by atoms with Gasteiger partial charge in [-0.05, 0) is 60.7 Å². The summed E-state index contributed by atoms with van der Waals surface area (Å²) in [5, 5.41) is 4.64. The van der Waals surface area contributed by atoms with E-state index in [0.717, 1.165) is 0 Å². The molecule has 1 aromatic heterocycles. The van der Waals surface area contributed by atoms with Gasteiger partial charge in [0.1, 0.15) is 11.8 Å². The van der Waals surface area contributed by atoms with Crippen LogP contribution < -0.4 is 15.6 Å². The van der Waals surface area contributed by atoms with Crippen LogP contribution in [0.1, 0.15) is 15.9 Å². The van der Waals surface area contributed by atoms with Crippen molar-refractivity contribution in [2.75, 3.05) is 4.72 Å². The minimum Gasteiger partial charge on any atom is -0.463 e. The van der Waals surface area contributed by atoms with Gasteiger partial charge in [0.05, 0.1) is 22.1 Å². The first kappa shape index (κ1) is 22.3. The number of para-hydroxylation sites is 1. The third-order valence-electron chi connectivity index (χ3n) is 4.60. The van der Waals surface area contributed by atoms with Gasteiger partial charge in [0.25, 0.3) is 15.9 Å². The van der Waals surface area contributed by atoms with Crippen LogP contribution in [0, 0.1) is 0 Å². The molecule has 0 saturated heterocycles. The van der Waals surface area contributed by atoms with Crippen molar-refractivity contribution in [3.05, 3.63) is 105 Å². The van der Waals surface area contributed by atoms with Gasteiger partial charge in [0.15, 0.2) is 0 Å². The lowest BCUT2D eigenvalue weighted by Gasteiger charge is -2.08. The predicted molar refractivity (Wildman–Crippen MR) is 126 cm³/mol. The number of rotatable bonds is 6. The maximum atomic E-state index is 12.4. The van der Waals surface area contributed by atoms with E-state index in [9.17, 15) is 18.0 Å². The summed E-state index contributed by atoms with van der Waals surface area (Å²) in [5.41, 5.74) is 3.20. The molecule has 0 atom stereocenters. The lowest BCUT2D eigenvalue weighted by Crippen LogP contribution is -2.19. The van der Waals surface area contributed by atoms with Crippen LogP contribution in [0.3, 0.4) is 0 Å². The van der Waals surface area contributed by atoms with Crippen LogP contribution in [0.4, 0.5) is 5.69 Å². The van der Waals surface area contributed by atoms with Crippen molar-refractivity contribution in [2.24, 2.45) is 5.10 Å². The van der Waals surface area contributed by atoms with Gasteiger partial charge in [-0.1, -0.05) is 23.7 Å². The maximum absolute atomic E-state index is 12.4. The highest BCUT2D eigenvalue weighted by Crippen LogP contribution is 2.19. The van der Waals surface area contributed by atoms with E-state index in [1.165, 1.54) is 61.0 Å². The number of hydrogen-bond acceptors (Lipinski definition) is 6. The third-order valence-corrected chi connectivity index (χ3v) is 6.25. The summed E-state index contributed by atoms with van der Waals surface area (Å²) >= 11 is 5.79. The normalized spacial score (nSPS) is 11.5. The SMILES string of the molecule is O=C(N/N=C/c1coc2ccccc2c1=O)c1ccc(NS(=O)(=O)c2ccc(Cl)cc2)cc1. The highest BCUT2D eigenvalue weighted by molar-refractivity contribution is 7.92. The van der Waals surface area contributed by atoms with E-state index in [2.05, 4.69) is 15.2 Å². The van der Waals surface area contributed by atoms with Crippen molar-refractivity contribution in [2.45, 2.75) is 4.90 Å². The number of amides is 1. The minimum atomic E-state index is -3.80. The number of halogens is 1. The number of carbonyl (C=O) groups is 1. The molecule has 0 aliphatic rings. The van der Waals surface area contributed by atoms with Crippen LogP contribution >= 0.6 is 11.6 Å². The molecular weight excluding hydrogens is 466 g/mol. The standard InChI is InChI=1S/C23H16ClN3O5S/c24-17-7-11-19(12-8-17)33(30,31)27-18-9-5-15(6-10-18)23(29)26-25-13-16-14-32-21-4-2-1-3-20(21)22(16)28/h1-14,27H,(H,26,29)/b25-13+. The molecule has 166 valence electrons. The first-order valence-electron chi connectivity index (χ1n) is 9.56. The van der Waals surface area contributed by atoms with E-state index < -0.39 is 15.9 Å². The summed E-state index contributed by atoms with van der Waals surface area (Å²) < 4.78 is 32.7. The van der Waals surface area contributed by atoms with Crippen LogP contribution in [0.2, 0.25) is 5.02 Å². The number of hydrazone groups is 1. The first-order valence-corrected chi connectivity index (χ1v) is 11.4. The zero-order valence-corrected chi connectivity index (χ0v) is 18.4. The fourth-order valence-electron chi connectivity index (χ4n) is 2.92. The number of carbonyl (C=O) groups excluding carboxylic acids is 1. The number of fused-ring (bicyclic) bond motifs is 1. The Morgan fingerprint density at radius 2 is 1.67 bits per heavy atom. The molecule has 2 N–H and O–H groups in total. The van der Waals surface area contributed by atoms with E-state index in [1.54, 1.807) is 24.3 Å². The molecule has 4 rings (SSSR count). The van der Waals surface area contributed by atoms with E-state index in [4.69, 9.17) is 16.0 Å². The average Bonchev–Trinajstić information content (AvgIpc) is 2.81. The van der Waals surface area contributed by atoms with Crippen molar-refractivity contribution >= 4 is 50.4 Å². The van der Waals surface area contributed by atoms with E-state index in [-0.39, 0.29) is 27.1 Å². The molecule has 0 aliphatic carbocycles. The van der Waals surface area contributed by atoms with Crippen LogP contribution in [0.5, 0.6) is 0 Å². The largest absolute Gasteiger partial charge is 0.463 e. The Kier molecular flexibility index (Phi) is 6.25. The molecule has 1 heterocycles. The van der Waals surface area contributed by atoms with Crippen LogP contribution in [-0.4, -0.2) is 20.5 Å². The number of sulfonamides is 1. The van der Waals surface area contributed by atoms with Crippen molar-refractivity contribution in [3.63, 3.8) is 0 Å². The average molecular weight is 482 g/mol. The summed E-state index contributed by atoms with van der Waals surface area (Å²) in [6.45, 7) is 0. The lowest BCUT2D eigenvalue weighted by molar-refractivity contribution is 0.0955. The summed E-state index contributed by atoms with van der Waals surface area (Å²) in [4.78, 5) is 24.8. The molecule has 0 aliphatic heterocycles. The molecule has 0 saturated carbocycles. The van der Waals surface area contributed by atoms with Crippen LogP contribution in [-0.2, 0) is 10.0 Å². The summed E-state index contributed by atoms with van der Waals surface area (Å²) in [5.74, 6) is -0.538. The van der Waals surface area contributed by atoms with Gasteiger partial charge in [-0.2, -0.15) is 5.10 Å². The van der Waals surface area contributed by atoms with Crippen molar-refractivity contribution < 1.29 is 17.6 Å². The Labute approximate surface area is 193 Å². The summed E-state index contributed by atoms with van der Waals surface area (Å²) in [6, 6.07) is 18.3. The maximum Gasteiger partial charge on any atom is 0.271 e. The molecule has 4 aromatic rings. The minimum absolute atomic E-state index is 0.0567. The van der Waals surface area contributed by atoms with Gasteiger partial charge >= 0.3 is 0 Å². The Morgan fingerprint density at radius 3 is 2.39 bits per heavy atom. The smallest absolute Gasteiger partial charge is 0.271 e. The summed E-state index contributed by atoms with van der Waals surface area (Å²) in [6.07, 6.45) is 2.46. The molecule has 0 unspecified atom stereocenters. The predicted octanol–water partition coefficient (Wildman–Crippen LogP) is 4.01. The molecule has 10 heteroatoms. The van der Waals surface area contributed by atoms with Gasteiger partial charge in [-0.15, -0.1) is 0 Å². The fourth-order valence-corrected chi connectivity index (χ4v) is 4.11. The third kappa shape index (κ3) is 5.11. The monoisotopic (exact) mass is 481 g/mol. The topological polar surface area (TPSA) is 118 Å². The molecular formula is C23H16ClN3O5S. The van der Waals surface area contributed by atoms with E-state index in [1.807, 2.05) is 0 Å². The van der Waals surface area contributed by atoms with Crippen molar-refractivity contribution in [1.29, 1.82) is 0 Å². The molecule has 0 radical (unpaired) electrons. The zero-order valence-electron chi connectivity index (χ0n) is 16.9. The van der Waals surface area contributed by atoms with Crippen molar-refractivity contribution in [1.82, 2.24) is 5.43 Å². The van der Waals surface area contributed by atoms with Gasteiger partial charge < -0.3 is 4.42 Å². The molecule has 33 heavy (non-hydrogen) atoms. The number of hydrogen-bond donors (Lipinski definition) is 2. The Morgan fingerprint density at radius 1 is 0.970 bits per heavy atom. The molecule has 8 nitrogen and oxygen atoms in total. The zero-order chi connectivity index (χ0) is 23.4.